The molecule has 1 saturated heterocycles. The van der Waals surface area contributed by atoms with Gasteiger partial charge in [-0.15, -0.1) is 10.2 Å². The van der Waals surface area contributed by atoms with E-state index in [9.17, 15) is 8.42 Å². The topological polar surface area (TPSA) is 90.9 Å². The minimum Gasteiger partial charge on any atom is -0.330 e. The van der Waals surface area contributed by atoms with Crippen LogP contribution < -0.4 is 5.73 Å². The second kappa shape index (κ2) is 4.31. The van der Waals surface area contributed by atoms with E-state index in [-0.39, 0.29) is 17.4 Å². The Labute approximate surface area is 106 Å². The summed E-state index contributed by atoms with van der Waals surface area (Å²) in [6.45, 7) is 1.50. The number of nitrogens with zero attached hydrogens (tertiary/aromatic N) is 3. The standard InChI is InChI=1S/C11H18N4O2S/c12-5-8-1-2-10-13-14-11(15(10)6-8)9-3-4-18(16,17)7-9/h8-9H,1-7,12H2. The number of hydrogen-bond acceptors (Lipinski definition) is 5. The third-order valence-corrected chi connectivity index (χ3v) is 5.77. The number of fused-ring (bicyclic) bond motifs is 1. The smallest absolute Gasteiger partial charge is 0.151 e. The molecule has 0 spiro atoms. The minimum atomic E-state index is -2.87. The van der Waals surface area contributed by atoms with E-state index in [0.29, 0.717) is 18.9 Å². The first kappa shape index (κ1) is 12.1. The fraction of sp³-hybridized carbons (Fsp3) is 0.818. The number of hydrogen-bond donors (Lipinski definition) is 1. The maximum Gasteiger partial charge on any atom is 0.151 e. The van der Waals surface area contributed by atoms with Crippen LogP contribution in [0.5, 0.6) is 0 Å². The van der Waals surface area contributed by atoms with Gasteiger partial charge in [-0.05, 0) is 25.3 Å². The van der Waals surface area contributed by atoms with Gasteiger partial charge in [0.25, 0.3) is 0 Å². The Morgan fingerprint density at radius 3 is 2.83 bits per heavy atom. The van der Waals surface area contributed by atoms with Crippen molar-refractivity contribution in [2.75, 3.05) is 18.1 Å². The van der Waals surface area contributed by atoms with Crippen molar-refractivity contribution in [1.29, 1.82) is 0 Å². The summed E-state index contributed by atoms with van der Waals surface area (Å²) >= 11 is 0. The lowest BCUT2D eigenvalue weighted by molar-refractivity contribution is 0.363. The molecular weight excluding hydrogens is 252 g/mol. The molecule has 0 radical (unpaired) electrons. The summed E-state index contributed by atoms with van der Waals surface area (Å²) in [7, 11) is -2.87. The fourth-order valence-electron chi connectivity index (χ4n) is 2.91. The zero-order valence-corrected chi connectivity index (χ0v) is 11.1. The summed E-state index contributed by atoms with van der Waals surface area (Å²) in [5, 5.41) is 8.42. The van der Waals surface area contributed by atoms with Crippen molar-refractivity contribution in [3.63, 3.8) is 0 Å². The molecule has 100 valence electrons. The van der Waals surface area contributed by atoms with E-state index in [4.69, 9.17) is 5.73 Å². The van der Waals surface area contributed by atoms with Crippen molar-refractivity contribution in [3.05, 3.63) is 11.6 Å². The van der Waals surface area contributed by atoms with Gasteiger partial charge in [0.1, 0.15) is 11.6 Å². The molecule has 2 unspecified atom stereocenters. The van der Waals surface area contributed by atoms with Gasteiger partial charge >= 0.3 is 0 Å². The molecule has 0 aliphatic carbocycles. The monoisotopic (exact) mass is 270 g/mol. The molecule has 2 N–H and O–H groups in total. The van der Waals surface area contributed by atoms with Gasteiger partial charge in [0.05, 0.1) is 11.5 Å². The molecule has 18 heavy (non-hydrogen) atoms. The normalized spacial score (nSPS) is 30.3. The van der Waals surface area contributed by atoms with Crippen molar-refractivity contribution in [2.45, 2.75) is 31.7 Å². The summed E-state index contributed by atoms with van der Waals surface area (Å²) in [6.07, 6.45) is 2.62. The Hall–Kier alpha value is -0.950. The average Bonchev–Trinajstić information content (AvgIpc) is 2.91. The van der Waals surface area contributed by atoms with E-state index in [0.717, 1.165) is 31.0 Å². The summed E-state index contributed by atoms with van der Waals surface area (Å²) in [4.78, 5) is 0. The Bertz CT molecular complexity index is 551. The maximum atomic E-state index is 11.5. The number of aryl methyl sites for hydroxylation is 1. The Morgan fingerprint density at radius 1 is 1.33 bits per heavy atom. The van der Waals surface area contributed by atoms with Crippen LogP contribution in [0.15, 0.2) is 0 Å². The highest BCUT2D eigenvalue weighted by Gasteiger charge is 2.34. The van der Waals surface area contributed by atoms with E-state index in [1.807, 2.05) is 0 Å². The molecule has 2 atom stereocenters. The Kier molecular flexibility index (Phi) is 2.90. The molecule has 3 rings (SSSR count). The molecule has 0 saturated carbocycles. The predicted molar refractivity (Wildman–Crippen MR) is 66.9 cm³/mol. The zero-order chi connectivity index (χ0) is 12.8. The van der Waals surface area contributed by atoms with Crippen LogP contribution in [0.25, 0.3) is 0 Å². The third kappa shape index (κ3) is 2.05. The van der Waals surface area contributed by atoms with E-state index in [1.54, 1.807) is 0 Å². The highest BCUT2D eigenvalue weighted by atomic mass is 32.2. The zero-order valence-electron chi connectivity index (χ0n) is 10.2. The second-order valence-corrected chi connectivity index (χ2v) is 7.55. The van der Waals surface area contributed by atoms with Gasteiger partial charge in [0, 0.05) is 18.9 Å². The largest absolute Gasteiger partial charge is 0.330 e. The molecule has 3 heterocycles. The quantitative estimate of drug-likeness (QED) is 0.797. The lowest BCUT2D eigenvalue weighted by atomic mass is 9.98. The molecule has 1 aromatic heterocycles. The molecule has 2 aliphatic rings. The minimum absolute atomic E-state index is 0.0211. The summed E-state index contributed by atoms with van der Waals surface area (Å²) in [5.41, 5.74) is 5.73. The van der Waals surface area contributed by atoms with Crippen molar-refractivity contribution in [3.8, 4) is 0 Å². The van der Waals surface area contributed by atoms with Gasteiger partial charge in [-0.2, -0.15) is 0 Å². The van der Waals surface area contributed by atoms with Crippen LogP contribution in [-0.2, 0) is 22.8 Å². The third-order valence-electron chi connectivity index (χ3n) is 4.00. The van der Waals surface area contributed by atoms with Crippen LogP contribution in [-0.4, -0.2) is 41.2 Å². The van der Waals surface area contributed by atoms with Crippen LogP contribution in [0.3, 0.4) is 0 Å². The summed E-state index contributed by atoms with van der Waals surface area (Å²) < 4.78 is 25.2. The van der Waals surface area contributed by atoms with E-state index >= 15 is 0 Å². The molecule has 7 heteroatoms. The van der Waals surface area contributed by atoms with Gasteiger partial charge in [0.15, 0.2) is 9.84 Å². The average molecular weight is 270 g/mol. The van der Waals surface area contributed by atoms with Crippen LogP contribution in [0.1, 0.15) is 30.4 Å². The van der Waals surface area contributed by atoms with Gasteiger partial charge < -0.3 is 10.3 Å². The molecule has 1 fully saturated rings. The van der Waals surface area contributed by atoms with Crippen LogP contribution in [0.2, 0.25) is 0 Å². The van der Waals surface area contributed by atoms with Crippen molar-refractivity contribution >= 4 is 9.84 Å². The Balaban J connectivity index is 1.89. The van der Waals surface area contributed by atoms with Crippen LogP contribution in [0.4, 0.5) is 0 Å². The SMILES string of the molecule is NCC1CCc2nnc(C3CCS(=O)(=O)C3)n2C1. The van der Waals surface area contributed by atoms with Crippen molar-refractivity contribution < 1.29 is 8.42 Å². The first-order valence-corrected chi connectivity index (χ1v) is 8.23. The van der Waals surface area contributed by atoms with Crippen LogP contribution in [0, 0.1) is 5.92 Å². The fourth-order valence-corrected chi connectivity index (χ4v) is 4.65. The molecule has 1 aromatic rings. The lowest BCUT2D eigenvalue weighted by Crippen LogP contribution is -2.28. The maximum absolute atomic E-state index is 11.5. The highest BCUT2D eigenvalue weighted by Crippen LogP contribution is 2.30. The molecular formula is C11H18N4O2S. The Morgan fingerprint density at radius 2 is 2.17 bits per heavy atom. The molecule has 0 amide bonds. The lowest BCUT2D eigenvalue weighted by Gasteiger charge is -2.24. The van der Waals surface area contributed by atoms with E-state index in [2.05, 4.69) is 14.8 Å². The van der Waals surface area contributed by atoms with Gasteiger partial charge in [0.2, 0.25) is 0 Å². The number of rotatable bonds is 2. The predicted octanol–water partition coefficient (Wildman–Crippen LogP) is -0.299. The van der Waals surface area contributed by atoms with Crippen molar-refractivity contribution in [2.24, 2.45) is 11.7 Å². The summed E-state index contributed by atoms with van der Waals surface area (Å²) in [6, 6.07) is 0. The molecule has 0 aromatic carbocycles. The van der Waals surface area contributed by atoms with Crippen LogP contribution >= 0.6 is 0 Å². The first-order chi connectivity index (χ1) is 8.59. The number of aromatic nitrogens is 3. The number of nitrogens with two attached hydrogens (primary N) is 1. The van der Waals surface area contributed by atoms with Gasteiger partial charge in [-0.3, -0.25) is 0 Å². The summed E-state index contributed by atoms with van der Waals surface area (Å²) in [5.74, 6) is 2.82. The van der Waals surface area contributed by atoms with Crippen molar-refractivity contribution in [1.82, 2.24) is 14.8 Å². The van der Waals surface area contributed by atoms with Gasteiger partial charge in [-0.25, -0.2) is 8.42 Å². The molecule has 6 nitrogen and oxygen atoms in total. The molecule has 0 bridgehead atoms. The van der Waals surface area contributed by atoms with E-state index < -0.39 is 9.84 Å². The van der Waals surface area contributed by atoms with E-state index in [1.165, 1.54) is 0 Å². The molecule has 2 aliphatic heterocycles. The number of sulfone groups is 1. The van der Waals surface area contributed by atoms with Gasteiger partial charge in [-0.1, -0.05) is 0 Å². The highest BCUT2D eigenvalue weighted by molar-refractivity contribution is 7.91. The second-order valence-electron chi connectivity index (χ2n) is 5.33. The first-order valence-electron chi connectivity index (χ1n) is 6.41.